The Kier molecular flexibility index (Phi) is 7.99. The molecule has 0 aromatic carbocycles. The van der Waals surface area contributed by atoms with Crippen LogP contribution >= 0.6 is 11.3 Å². The van der Waals surface area contributed by atoms with Gasteiger partial charge in [0, 0.05) is 38.0 Å². The lowest BCUT2D eigenvalue weighted by atomic mass is 10.0. The molecule has 136 valence electrons. The van der Waals surface area contributed by atoms with Crippen molar-refractivity contribution in [3.05, 3.63) is 15.6 Å². The SMILES string of the molecule is CN=C(NCCCN1CCCC(C)C1)NCCc1nc(C)c(C)s1. The van der Waals surface area contributed by atoms with Crippen molar-refractivity contribution in [1.82, 2.24) is 20.5 Å². The molecule has 1 fully saturated rings. The summed E-state index contributed by atoms with van der Waals surface area (Å²) in [6.45, 7) is 12.1. The fraction of sp³-hybridized carbons (Fsp3) is 0.778. The van der Waals surface area contributed by atoms with E-state index in [1.807, 2.05) is 7.05 Å². The number of aliphatic imine (C=N–C) groups is 1. The monoisotopic (exact) mass is 351 g/mol. The molecular formula is C18H33N5S. The summed E-state index contributed by atoms with van der Waals surface area (Å²) in [5.74, 6) is 1.76. The summed E-state index contributed by atoms with van der Waals surface area (Å²) in [5, 5.41) is 8.00. The predicted molar refractivity (Wildman–Crippen MR) is 104 cm³/mol. The highest BCUT2D eigenvalue weighted by atomic mass is 32.1. The maximum Gasteiger partial charge on any atom is 0.190 e. The lowest BCUT2D eigenvalue weighted by Crippen LogP contribution is -2.40. The molecule has 1 aliphatic rings. The number of likely N-dealkylation sites (tertiary alicyclic amines) is 1. The first-order valence-electron chi connectivity index (χ1n) is 9.18. The van der Waals surface area contributed by atoms with E-state index < -0.39 is 0 Å². The fourth-order valence-corrected chi connectivity index (χ4v) is 4.09. The van der Waals surface area contributed by atoms with Gasteiger partial charge in [-0.2, -0.15) is 0 Å². The standard InChI is InChI=1S/C18H33N5S/c1-14-7-5-11-23(13-14)12-6-9-20-18(19-4)21-10-8-17-22-15(2)16(3)24-17/h14H,5-13H2,1-4H3,(H2,19,20,21). The van der Waals surface area contributed by atoms with E-state index in [0.29, 0.717) is 0 Å². The van der Waals surface area contributed by atoms with E-state index in [-0.39, 0.29) is 0 Å². The number of rotatable bonds is 7. The fourth-order valence-electron chi connectivity index (χ4n) is 3.15. The van der Waals surface area contributed by atoms with Crippen molar-refractivity contribution >= 4 is 17.3 Å². The summed E-state index contributed by atoms with van der Waals surface area (Å²) in [4.78, 5) is 12.8. The first-order chi connectivity index (χ1) is 11.6. The van der Waals surface area contributed by atoms with Crippen molar-refractivity contribution in [2.45, 2.75) is 46.5 Å². The van der Waals surface area contributed by atoms with Crippen LogP contribution in [-0.4, -0.2) is 55.6 Å². The molecule has 1 atom stereocenters. The smallest absolute Gasteiger partial charge is 0.190 e. The van der Waals surface area contributed by atoms with E-state index in [4.69, 9.17) is 0 Å². The second-order valence-electron chi connectivity index (χ2n) is 6.83. The topological polar surface area (TPSA) is 52.6 Å². The first kappa shape index (κ1) is 19.2. The van der Waals surface area contributed by atoms with E-state index >= 15 is 0 Å². The molecule has 0 amide bonds. The largest absolute Gasteiger partial charge is 0.356 e. The van der Waals surface area contributed by atoms with Crippen LogP contribution in [0.1, 0.15) is 41.8 Å². The van der Waals surface area contributed by atoms with Crippen molar-refractivity contribution in [3.8, 4) is 0 Å². The molecule has 5 nitrogen and oxygen atoms in total. The Balaban J connectivity index is 1.58. The van der Waals surface area contributed by atoms with Gasteiger partial charge in [0.25, 0.3) is 0 Å². The number of nitrogens with zero attached hydrogens (tertiary/aromatic N) is 3. The number of piperidine rings is 1. The maximum atomic E-state index is 4.58. The molecule has 0 bridgehead atoms. The minimum atomic E-state index is 0.860. The predicted octanol–water partition coefficient (Wildman–Crippen LogP) is 2.59. The van der Waals surface area contributed by atoms with E-state index in [2.05, 4.69) is 46.3 Å². The number of hydrogen-bond acceptors (Lipinski definition) is 4. The highest BCUT2D eigenvalue weighted by molar-refractivity contribution is 7.11. The van der Waals surface area contributed by atoms with Crippen LogP contribution in [0.25, 0.3) is 0 Å². The van der Waals surface area contributed by atoms with Gasteiger partial charge in [-0.1, -0.05) is 6.92 Å². The average Bonchev–Trinajstić information content (AvgIpc) is 2.88. The number of aromatic nitrogens is 1. The van der Waals surface area contributed by atoms with Crippen molar-refractivity contribution in [2.24, 2.45) is 10.9 Å². The molecule has 1 aliphatic heterocycles. The van der Waals surface area contributed by atoms with Gasteiger partial charge in [-0.05, 0) is 52.1 Å². The third-order valence-electron chi connectivity index (χ3n) is 4.61. The van der Waals surface area contributed by atoms with Crippen molar-refractivity contribution in [2.75, 3.05) is 39.8 Å². The Morgan fingerprint density at radius 2 is 2.12 bits per heavy atom. The molecule has 1 saturated heterocycles. The quantitative estimate of drug-likeness (QED) is 0.450. The van der Waals surface area contributed by atoms with E-state index in [1.165, 1.54) is 42.4 Å². The Morgan fingerprint density at radius 1 is 1.33 bits per heavy atom. The third kappa shape index (κ3) is 6.40. The van der Waals surface area contributed by atoms with Gasteiger partial charge in [-0.3, -0.25) is 4.99 Å². The van der Waals surface area contributed by atoms with Crippen molar-refractivity contribution in [1.29, 1.82) is 0 Å². The van der Waals surface area contributed by atoms with Crippen LogP contribution in [0, 0.1) is 19.8 Å². The Hall–Kier alpha value is -1.14. The molecule has 1 unspecified atom stereocenters. The second kappa shape index (κ2) is 9.99. The molecule has 1 aromatic heterocycles. The lowest BCUT2D eigenvalue weighted by molar-refractivity contribution is 0.182. The Bertz CT molecular complexity index is 506. The molecule has 24 heavy (non-hydrogen) atoms. The summed E-state index contributed by atoms with van der Waals surface area (Å²) in [7, 11) is 1.83. The molecule has 0 radical (unpaired) electrons. The highest BCUT2D eigenvalue weighted by Gasteiger charge is 2.15. The van der Waals surface area contributed by atoms with Crippen molar-refractivity contribution in [3.63, 3.8) is 0 Å². The van der Waals surface area contributed by atoms with Gasteiger partial charge in [0.15, 0.2) is 5.96 Å². The lowest BCUT2D eigenvalue weighted by Gasteiger charge is -2.30. The van der Waals surface area contributed by atoms with Gasteiger partial charge in [0.05, 0.1) is 10.7 Å². The number of nitrogens with one attached hydrogen (secondary N) is 2. The third-order valence-corrected chi connectivity index (χ3v) is 5.75. The highest BCUT2D eigenvalue weighted by Crippen LogP contribution is 2.16. The summed E-state index contributed by atoms with van der Waals surface area (Å²) < 4.78 is 0. The zero-order chi connectivity index (χ0) is 17.4. The molecular weight excluding hydrogens is 318 g/mol. The van der Waals surface area contributed by atoms with Gasteiger partial charge >= 0.3 is 0 Å². The van der Waals surface area contributed by atoms with E-state index in [1.54, 1.807) is 11.3 Å². The van der Waals surface area contributed by atoms with Crippen LogP contribution in [-0.2, 0) is 6.42 Å². The van der Waals surface area contributed by atoms with Crippen LogP contribution in [0.3, 0.4) is 0 Å². The Morgan fingerprint density at radius 3 is 2.79 bits per heavy atom. The normalized spacial score (nSPS) is 19.5. The van der Waals surface area contributed by atoms with Crippen LogP contribution < -0.4 is 10.6 Å². The summed E-state index contributed by atoms with van der Waals surface area (Å²) in [5.41, 5.74) is 1.16. The van der Waals surface area contributed by atoms with E-state index in [0.717, 1.165) is 43.5 Å². The van der Waals surface area contributed by atoms with Crippen LogP contribution in [0.2, 0.25) is 0 Å². The Labute approximate surface area is 151 Å². The minimum Gasteiger partial charge on any atom is -0.356 e. The minimum absolute atomic E-state index is 0.860. The zero-order valence-electron chi connectivity index (χ0n) is 15.7. The van der Waals surface area contributed by atoms with Crippen LogP contribution in [0.4, 0.5) is 0 Å². The zero-order valence-corrected chi connectivity index (χ0v) is 16.5. The van der Waals surface area contributed by atoms with Gasteiger partial charge < -0.3 is 15.5 Å². The first-order valence-corrected chi connectivity index (χ1v) is 10.00. The average molecular weight is 352 g/mol. The molecule has 0 aliphatic carbocycles. The number of hydrogen-bond donors (Lipinski definition) is 2. The van der Waals surface area contributed by atoms with E-state index in [9.17, 15) is 0 Å². The molecule has 1 aromatic rings. The number of guanidine groups is 1. The van der Waals surface area contributed by atoms with Crippen LogP contribution in [0.15, 0.2) is 4.99 Å². The number of aryl methyl sites for hydroxylation is 2. The summed E-state index contributed by atoms with van der Waals surface area (Å²) >= 11 is 1.79. The number of thiazole rings is 1. The van der Waals surface area contributed by atoms with Gasteiger partial charge in [-0.15, -0.1) is 11.3 Å². The maximum absolute atomic E-state index is 4.58. The van der Waals surface area contributed by atoms with Crippen molar-refractivity contribution < 1.29 is 0 Å². The second-order valence-corrected chi connectivity index (χ2v) is 8.11. The van der Waals surface area contributed by atoms with Crippen LogP contribution in [0.5, 0.6) is 0 Å². The molecule has 2 heterocycles. The molecule has 0 saturated carbocycles. The molecule has 2 N–H and O–H groups in total. The molecule has 0 spiro atoms. The summed E-state index contributed by atoms with van der Waals surface area (Å²) in [6, 6.07) is 0. The van der Waals surface area contributed by atoms with Gasteiger partial charge in [-0.25, -0.2) is 4.98 Å². The van der Waals surface area contributed by atoms with Gasteiger partial charge in [0.1, 0.15) is 0 Å². The summed E-state index contributed by atoms with van der Waals surface area (Å²) in [6.07, 6.45) is 4.86. The van der Waals surface area contributed by atoms with Gasteiger partial charge in [0.2, 0.25) is 0 Å². The molecule has 6 heteroatoms. The molecule has 2 rings (SSSR count).